The van der Waals surface area contributed by atoms with E-state index in [9.17, 15) is 24.3 Å². The summed E-state index contributed by atoms with van der Waals surface area (Å²) in [6.45, 7) is 0.239. The molecule has 0 unspecified atom stereocenters. The Bertz CT molecular complexity index is 1350. The third kappa shape index (κ3) is 12.5. The Kier molecular flexibility index (Phi) is 13.2. The lowest BCUT2D eigenvalue weighted by Crippen LogP contribution is -2.43. The monoisotopic (exact) mass is 589 g/mol. The van der Waals surface area contributed by atoms with E-state index in [0.29, 0.717) is 6.42 Å². The van der Waals surface area contributed by atoms with Gasteiger partial charge in [-0.3, -0.25) is 14.9 Å². The lowest BCUT2D eigenvalue weighted by atomic mass is 9.99. The van der Waals surface area contributed by atoms with E-state index in [2.05, 4.69) is 10.3 Å². The fourth-order valence-electron chi connectivity index (χ4n) is 3.94. The van der Waals surface area contributed by atoms with E-state index in [-0.39, 0.29) is 38.7 Å². The number of alkyl carbamates (subject to hydrolysis) is 1. The van der Waals surface area contributed by atoms with E-state index in [1.165, 1.54) is 4.90 Å². The van der Waals surface area contributed by atoms with Gasteiger partial charge < -0.3 is 24.2 Å². The molecule has 0 spiro atoms. The average Bonchev–Trinajstić information content (AvgIpc) is 3.02. The number of carbonyl (C=O) groups excluding carboxylic acids is 3. The van der Waals surface area contributed by atoms with Gasteiger partial charge in [0.15, 0.2) is 0 Å². The lowest BCUT2D eigenvalue weighted by molar-refractivity contribution is -0.154. The van der Waals surface area contributed by atoms with Gasteiger partial charge in [-0.05, 0) is 29.5 Å². The number of hydrogen-bond acceptors (Lipinski definition) is 7. The fourth-order valence-corrected chi connectivity index (χ4v) is 3.94. The van der Waals surface area contributed by atoms with Crippen LogP contribution >= 0.6 is 0 Å². The number of guanidine groups is 1. The van der Waals surface area contributed by atoms with Gasteiger partial charge in [-0.2, -0.15) is 0 Å². The first-order valence-electron chi connectivity index (χ1n) is 13.7. The van der Waals surface area contributed by atoms with Gasteiger partial charge >= 0.3 is 24.1 Å². The fraction of sp³-hybridized carbons (Fsp3) is 0.281. The quantitative estimate of drug-likeness (QED) is 0.120. The van der Waals surface area contributed by atoms with Crippen molar-refractivity contribution in [3.8, 4) is 0 Å². The predicted octanol–water partition coefficient (Wildman–Crippen LogP) is 5.15. The smallest absolute Gasteiger partial charge is 0.437 e. The first-order chi connectivity index (χ1) is 20.8. The number of nitrogens with one attached hydrogen (secondary N) is 1. The molecule has 0 fully saturated rings. The zero-order valence-electron chi connectivity index (χ0n) is 23.9. The van der Waals surface area contributed by atoms with E-state index in [1.54, 1.807) is 43.4 Å². The topological polar surface area (TPSA) is 144 Å². The highest BCUT2D eigenvalue weighted by atomic mass is 16.6. The van der Waals surface area contributed by atoms with E-state index in [1.807, 2.05) is 54.6 Å². The van der Waals surface area contributed by atoms with Crippen LogP contribution in [0.4, 0.5) is 9.59 Å². The van der Waals surface area contributed by atoms with Crippen molar-refractivity contribution in [2.75, 3.05) is 13.6 Å². The van der Waals surface area contributed by atoms with Crippen LogP contribution < -0.4 is 5.32 Å². The molecule has 0 radical (unpaired) electrons. The van der Waals surface area contributed by atoms with Crippen LogP contribution in [0.15, 0.2) is 96.0 Å². The third-order valence-electron chi connectivity index (χ3n) is 6.21. The summed E-state index contributed by atoms with van der Waals surface area (Å²) < 4.78 is 15.8. The number of hydrogen-bond donors (Lipinski definition) is 2. The average molecular weight is 590 g/mol. The Morgan fingerprint density at radius 1 is 0.767 bits per heavy atom. The second kappa shape index (κ2) is 17.6. The summed E-state index contributed by atoms with van der Waals surface area (Å²) in [5.41, 5.74) is 2.32. The normalized spacial score (nSPS) is 11.6. The minimum Gasteiger partial charge on any atom is -0.481 e. The standard InChI is InChI=1S/C32H35N3O8/c1-35(19-11-18-27(20-28(36)37)29(38)41-21-24-12-5-2-6-13-24)30(33-31(39)42-22-25-14-7-3-8-15-25)34-32(40)43-23-26-16-9-4-10-17-26/h2-10,12-17,27H,11,18-23H2,1H3,(H,36,37)(H,33,34,39,40)/t27-/m0/s1. The molecular formula is C32H35N3O8. The van der Waals surface area contributed by atoms with Crippen LogP contribution in [0.25, 0.3) is 0 Å². The van der Waals surface area contributed by atoms with Gasteiger partial charge in [0.25, 0.3) is 0 Å². The van der Waals surface area contributed by atoms with E-state index >= 15 is 0 Å². The van der Waals surface area contributed by atoms with Gasteiger partial charge in [0, 0.05) is 13.6 Å². The molecule has 11 nitrogen and oxygen atoms in total. The predicted molar refractivity (Wildman–Crippen MR) is 158 cm³/mol. The Morgan fingerprint density at radius 2 is 1.26 bits per heavy atom. The van der Waals surface area contributed by atoms with Crippen LogP contribution in [-0.4, -0.2) is 53.7 Å². The van der Waals surface area contributed by atoms with Gasteiger partial charge in [-0.1, -0.05) is 91.0 Å². The number of aliphatic imine (C=N–C) groups is 1. The molecule has 2 amide bonds. The van der Waals surface area contributed by atoms with Crippen molar-refractivity contribution in [2.24, 2.45) is 10.9 Å². The number of carboxylic acid groups (broad SMARTS) is 1. The van der Waals surface area contributed by atoms with Crippen LogP contribution in [-0.2, 0) is 43.6 Å². The molecule has 2 N–H and O–H groups in total. The Hall–Kier alpha value is -5.19. The van der Waals surface area contributed by atoms with Crippen molar-refractivity contribution in [1.82, 2.24) is 10.2 Å². The minimum atomic E-state index is -1.12. The highest BCUT2D eigenvalue weighted by Crippen LogP contribution is 2.16. The number of benzene rings is 3. The van der Waals surface area contributed by atoms with Gasteiger partial charge in [-0.25, -0.2) is 9.59 Å². The Morgan fingerprint density at radius 3 is 1.77 bits per heavy atom. The summed E-state index contributed by atoms with van der Waals surface area (Å²) in [4.78, 5) is 54.6. The van der Waals surface area contributed by atoms with Crippen molar-refractivity contribution >= 4 is 30.1 Å². The number of aliphatic carboxylic acids is 1. The van der Waals surface area contributed by atoms with Crippen molar-refractivity contribution in [3.63, 3.8) is 0 Å². The van der Waals surface area contributed by atoms with Crippen LogP contribution in [0, 0.1) is 5.92 Å². The van der Waals surface area contributed by atoms with Crippen molar-refractivity contribution in [3.05, 3.63) is 108 Å². The molecule has 3 aromatic rings. The molecule has 226 valence electrons. The van der Waals surface area contributed by atoms with Gasteiger partial charge in [0.2, 0.25) is 5.96 Å². The molecule has 0 saturated carbocycles. The first-order valence-corrected chi connectivity index (χ1v) is 13.7. The highest BCUT2D eigenvalue weighted by molar-refractivity contribution is 5.98. The summed E-state index contributed by atoms with van der Waals surface area (Å²) in [7, 11) is 1.58. The second-order valence-electron chi connectivity index (χ2n) is 9.61. The van der Waals surface area contributed by atoms with Crippen molar-refractivity contribution in [1.29, 1.82) is 0 Å². The zero-order chi connectivity index (χ0) is 30.9. The molecule has 3 rings (SSSR count). The number of ether oxygens (including phenoxy) is 3. The molecule has 0 aromatic heterocycles. The Balaban J connectivity index is 1.60. The maximum Gasteiger partial charge on any atom is 0.437 e. The number of carbonyl (C=O) groups is 4. The van der Waals surface area contributed by atoms with Crippen molar-refractivity contribution < 1.29 is 38.5 Å². The highest BCUT2D eigenvalue weighted by Gasteiger charge is 2.24. The summed E-state index contributed by atoms with van der Waals surface area (Å²) in [6, 6.07) is 27.2. The van der Waals surface area contributed by atoms with Crippen molar-refractivity contribution in [2.45, 2.75) is 39.1 Å². The molecule has 1 atom stereocenters. The number of esters is 1. The minimum absolute atomic E-state index is 0.00405. The maximum absolute atomic E-state index is 12.7. The number of rotatable bonds is 13. The van der Waals surface area contributed by atoms with Gasteiger partial charge in [0.05, 0.1) is 12.3 Å². The summed E-state index contributed by atoms with van der Waals surface area (Å²) in [5, 5.41) is 11.8. The van der Waals surface area contributed by atoms with E-state index < -0.39 is 36.5 Å². The molecule has 43 heavy (non-hydrogen) atoms. The van der Waals surface area contributed by atoms with Crippen LogP contribution in [0.5, 0.6) is 0 Å². The number of carboxylic acids is 1. The molecular weight excluding hydrogens is 554 g/mol. The molecule has 11 heteroatoms. The first kappa shape index (κ1) is 32.3. The van der Waals surface area contributed by atoms with Crippen LogP contribution in [0.1, 0.15) is 36.0 Å². The number of amides is 2. The number of nitrogens with zero attached hydrogens (tertiary/aromatic N) is 2. The molecule has 0 heterocycles. The van der Waals surface area contributed by atoms with E-state index in [4.69, 9.17) is 14.2 Å². The second-order valence-corrected chi connectivity index (χ2v) is 9.61. The molecule has 0 saturated heterocycles. The maximum atomic E-state index is 12.7. The van der Waals surface area contributed by atoms with Gasteiger partial charge in [0.1, 0.15) is 19.8 Å². The molecule has 0 aliphatic carbocycles. The van der Waals surface area contributed by atoms with Crippen LogP contribution in [0.3, 0.4) is 0 Å². The zero-order valence-corrected chi connectivity index (χ0v) is 23.9. The molecule has 0 aliphatic heterocycles. The van der Waals surface area contributed by atoms with Crippen LogP contribution in [0.2, 0.25) is 0 Å². The van der Waals surface area contributed by atoms with Gasteiger partial charge in [-0.15, -0.1) is 4.99 Å². The Labute approximate surface area is 250 Å². The summed E-state index contributed by atoms with van der Waals surface area (Å²) in [5.74, 6) is -2.75. The largest absolute Gasteiger partial charge is 0.481 e. The molecule has 0 aliphatic rings. The third-order valence-corrected chi connectivity index (χ3v) is 6.21. The van der Waals surface area contributed by atoms with E-state index in [0.717, 1.165) is 16.7 Å². The SMILES string of the molecule is CN(CCC[C@@H](CC(=O)O)C(=O)OCc1ccccc1)C(=NC(=O)OCc1ccccc1)NC(=O)OCc1ccccc1. The molecule has 3 aromatic carbocycles. The molecule has 0 bridgehead atoms. The summed E-state index contributed by atoms with van der Waals surface area (Å²) >= 11 is 0. The summed E-state index contributed by atoms with van der Waals surface area (Å²) in [6.07, 6.45) is -1.64. The lowest BCUT2D eigenvalue weighted by Gasteiger charge is -2.22.